The molecular weight excluding hydrogens is 434 g/mol. The van der Waals surface area contributed by atoms with E-state index in [1.54, 1.807) is 4.90 Å². The highest BCUT2D eigenvalue weighted by Crippen LogP contribution is 2.38. The standard InChI is InChI=1S/C30H33N3O2/c1-30(24-14-8-4-9-15-24,25-16-10-5-11-17-25)28(34)32-21-26-18-19-27(22-32)33(26)29(35)31(2)20-23-12-6-3-7-13-23/h3-17,26-27H,18-22H2,1-2H3/t26-,27+. The van der Waals surface area contributed by atoms with Gasteiger partial charge in [0.15, 0.2) is 0 Å². The molecule has 5 heteroatoms. The fraction of sp³-hybridized carbons (Fsp3) is 0.333. The number of carbonyl (C=O) groups is 2. The molecule has 5 nitrogen and oxygen atoms in total. The quantitative estimate of drug-likeness (QED) is 0.535. The number of rotatable bonds is 5. The Morgan fingerprint density at radius 2 is 1.26 bits per heavy atom. The molecule has 180 valence electrons. The monoisotopic (exact) mass is 467 g/mol. The van der Waals surface area contributed by atoms with Gasteiger partial charge in [-0.1, -0.05) is 91.0 Å². The van der Waals surface area contributed by atoms with Crippen molar-refractivity contribution in [2.45, 2.75) is 43.8 Å². The SMILES string of the molecule is CN(Cc1ccccc1)C(=O)N1[C@@H]2CC[C@H]1CN(C(=O)C(C)(c1ccccc1)c1ccccc1)C2. The second-order valence-corrected chi connectivity index (χ2v) is 9.98. The van der Waals surface area contributed by atoms with Crippen molar-refractivity contribution >= 4 is 11.9 Å². The second kappa shape index (κ2) is 9.57. The molecule has 2 heterocycles. The van der Waals surface area contributed by atoms with Gasteiger partial charge in [-0.05, 0) is 36.5 Å². The Kier molecular flexibility index (Phi) is 6.33. The molecule has 0 spiro atoms. The van der Waals surface area contributed by atoms with E-state index >= 15 is 0 Å². The average Bonchev–Trinajstić information content (AvgIpc) is 3.17. The molecule has 0 unspecified atom stereocenters. The van der Waals surface area contributed by atoms with E-state index < -0.39 is 5.41 Å². The Bertz CT molecular complexity index is 1110. The van der Waals surface area contributed by atoms with Crippen molar-refractivity contribution in [3.63, 3.8) is 0 Å². The van der Waals surface area contributed by atoms with Gasteiger partial charge in [-0.3, -0.25) is 4.79 Å². The highest BCUT2D eigenvalue weighted by Gasteiger charge is 2.48. The molecule has 2 bridgehead atoms. The van der Waals surface area contributed by atoms with Gasteiger partial charge in [-0.25, -0.2) is 4.79 Å². The number of hydrogen-bond donors (Lipinski definition) is 0. The third-order valence-electron chi connectivity index (χ3n) is 7.71. The van der Waals surface area contributed by atoms with Crippen LogP contribution in [-0.4, -0.2) is 58.9 Å². The smallest absolute Gasteiger partial charge is 0.320 e. The second-order valence-electron chi connectivity index (χ2n) is 9.98. The Balaban J connectivity index is 1.36. The minimum Gasteiger partial charge on any atom is -0.338 e. The molecule has 0 aliphatic carbocycles. The summed E-state index contributed by atoms with van der Waals surface area (Å²) in [5.74, 6) is 0.108. The summed E-state index contributed by atoms with van der Waals surface area (Å²) in [6.07, 6.45) is 1.87. The van der Waals surface area contributed by atoms with Crippen molar-refractivity contribution in [2.24, 2.45) is 0 Å². The van der Waals surface area contributed by atoms with Gasteiger partial charge >= 0.3 is 6.03 Å². The Morgan fingerprint density at radius 3 is 1.74 bits per heavy atom. The summed E-state index contributed by atoms with van der Waals surface area (Å²) in [7, 11) is 1.87. The zero-order valence-electron chi connectivity index (χ0n) is 20.5. The summed E-state index contributed by atoms with van der Waals surface area (Å²) in [6.45, 7) is 3.77. The summed E-state index contributed by atoms with van der Waals surface area (Å²) >= 11 is 0. The molecule has 5 rings (SSSR count). The van der Waals surface area contributed by atoms with Crippen LogP contribution in [-0.2, 0) is 16.8 Å². The van der Waals surface area contributed by atoms with E-state index in [1.807, 2.05) is 115 Å². The lowest BCUT2D eigenvalue weighted by Crippen LogP contribution is -2.61. The third kappa shape index (κ3) is 4.31. The highest BCUT2D eigenvalue weighted by atomic mass is 16.2. The Labute approximate surface area is 208 Å². The van der Waals surface area contributed by atoms with Gasteiger partial charge in [0.25, 0.3) is 0 Å². The van der Waals surface area contributed by atoms with Crippen LogP contribution in [0.5, 0.6) is 0 Å². The van der Waals surface area contributed by atoms with Crippen LogP contribution in [0.2, 0.25) is 0 Å². The van der Waals surface area contributed by atoms with E-state index in [0.717, 1.165) is 29.5 Å². The zero-order valence-corrected chi connectivity index (χ0v) is 20.5. The van der Waals surface area contributed by atoms with Crippen LogP contribution in [0.25, 0.3) is 0 Å². The van der Waals surface area contributed by atoms with E-state index in [1.165, 1.54) is 0 Å². The maximum Gasteiger partial charge on any atom is 0.320 e. The first-order chi connectivity index (χ1) is 17.0. The Hall–Kier alpha value is -3.60. The van der Waals surface area contributed by atoms with E-state index in [2.05, 4.69) is 0 Å². The van der Waals surface area contributed by atoms with Crippen molar-refractivity contribution < 1.29 is 9.59 Å². The lowest BCUT2D eigenvalue weighted by molar-refractivity contribution is -0.138. The van der Waals surface area contributed by atoms with Gasteiger partial charge in [-0.2, -0.15) is 0 Å². The average molecular weight is 468 g/mol. The first-order valence-corrected chi connectivity index (χ1v) is 12.5. The zero-order chi connectivity index (χ0) is 24.4. The van der Waals surface area contributed by atoms with E-state index in [9.17, 15) is 9.59 Å². The van der Waals surface area contributed by atoms with Crippen LogP contribution in [0.15, 0.2) is 91.0 Å². The molecule has 2 aliphatic heterocycles. The number of carbonyl (C=O) groups excluding carboxylic acids is 2. The molecule has 2 saturated heterocycles. The van der Waals surface area contributed by atoms with Crippen LogP contribution in [0.4, 0.5) is 4.79 Å². The lowest BCUT2D eigenvalue weighted by Gasteiger charge is -2.45. The van der Waals surface area contributed by atoms with Gasteiger partial charge in [0.2, 0.25) is 5.91 Å². The minimum atomic E-state index is -0.780. The number of likely N-dealkylation sites (tertiary alicyclic amines) is 1. The Morgan fingerprint density at radius 1 is 0.800 bits per heavy atom. The number of hydrogen-bond acceptors (Lipinski definition) is 2. The van der Waals surface area contributed by atoms with Crippen LogP contribution in [0.3, 0.4) is 0 Å². The highest BCUT2D eigenvalue weighted by molar-refractivity contribution is 5.92. The largest absolute Gasteiger partial charge is 0.338 e. The molecule has 0 saturated carbocycles. The third-order valence-corrected chi connectivity index (χ3v) is 7.71. The molecule has 0 radical (unpaired) electrons. The van der Waals surface area contributed by atoms with Gasteiger partial charge in [0.05, 0.1) is 17.5 Å². The molecular formula is C30H33N3O2. The fourth-order valence-corrected chi connectivity index (χ4v) is 5.78. The molecule has 35 heavy (non-hydrogen) atoms. The fourth-order valence-electron chi connectivity index (χ4n) is 5.78. The van der Waals surface area contributed by atoms with Crippen molar-refractivity contribution in [3.8, 4) is 0 Å². The first-order valence-electron chi connectivity index (χ1n) is 12.5. The number of benzene rings is 3. The van der Waals surface area contributed by atoms with Gasteiger partial charge < -0.3 is 14.7 Å². The molecule has 0 aromatic heterocycles. The lowest BCUT2D eigenvalue weighted by atomic mass is 9.75. The minimum absolute atomic E-state index is 0.0548. The van der Waals surface area contributed by atoms with Crippen LogP contribution >= 0.6 is 0 Å². The summed E-state index contributed by atoms with van der Waals surface area (Å²) < 4.78 is 0. The van der Waals surface area contributed by atoms with Crippen molar-refractivity contribution in [1.29, 1.82) is 0 Å². The maximum absolute atomic E-state index is 14.2. The number of urea groups is 1. The molecule has 2 atom stereocenters. The molecule has 2 aliphatic rings. The van der Waals surface area contributed by atoms with Crippen molar-refractivity contribution in [1.82, 2.24) is 14.7 Å². The first kappa shape index (κ1) is 23.2. The van der Waals surface area contributed by atoms with Crippen molar-refractivity contribution in [2.75, 3.05) is 20.1 Å². The van der Waals surface area contributed by atoms with E-state index in [-0.39, 0.29) is 24.0 Å². The topological polar surface area (TPSA) is 43.9 Å². The summed E-state index contributed by atoms with van der Waals surface area (Å²) in [6, 6.07) is 30.3. The number of nitrogens with zero attached hydrogens (tertiary/aromatic N) is 3. The number of amides is 3. The van der Waals surface area contributed by atoms with Crippen LogP contribution < -0.4 is 0 Å². The number of fused-ring (bicyclic) bond motifs is 2. The summed E-state index contributed by atoms with van der Waals surface area (Å²) in [5, 5.41) is 0. The molecule has 0 N–H and O–H groups in total. The van der Waals surface area contributed by atoms with E-state index in [0.29, 0.717) is 19.6 Å². The summed E-state index contributed by atoms with van der Waals surface area (Å²) in [4.78, 5) is 33.5. The van der Waals surface area contributed by atoms with E-state index in [4.69, 9.17) is 0 Å². The predicted molar refractivity (Wildman–Crippen MR) is 138 cm³/mol. The normalized spacial score (nSPS) is 19.5. The molecule has 2 fully saturated rings. The predicted octanol–water partition coefficient (Wildman–Crippen LogP) is 4.92. The summed E-state index contributed by atoms with van der Waals surface area (Å²) in [5.41, 5.74) is 2.32. The van der Waals surface area contributed by atoms with Gasteiger partial charge in [-0.15, -0.1) is 0 Å². The van der Waals surface area contributed by atoms with Crippen LogP contribution in [0.1, 0.15) is 36.5 Å². The molecule has 3 amide bonds. The molecule has 3 aromatic carbocycles. The molecule has 3 aromatic rings. The maximum atomic E-state index is 14.2. The van der Waals surface area contributed by atoms with Gasteiger partial charge in [0, 0.05) is 26.7 Å². The van der Waals surface area contributed by atoms with Crippen LogP contribution in [0, 0.1) is 0 Å². The number of piperazine rings is 1. The van der Waals surface area contributed by atoms with Gasteiger partial charge in [0.1, 0.15) is 0 Å². The van der Waals surface area contributed by atoms with Crippen molar-refractivity contribution in [3.05, 3.63) is 108 Å².